The van der Waals surface area contributed by atoms with Gasteiger partial charge in [0.25, 0.3) is 0 Å². The molecule has 2 heterocycles. The number of hydrogen-bond acceptors (Lipinski definition) is 6. The predicted molar refractivity (Wildman–Crippen MR) is 157 cm³/mol. The van der Waals surface area contributed by atoms with E-state index < -0.39 is 35.5 Å². The Balaban J connectivity index is 1.59. The minimum absolute atomic E-state index is 0.0455. The van der Waals surface area contributed by atoms with Gasteiger partial charge >= 0.3 is 12.2 Å². The van der Waals surface area contributed by atoms with E-state index >= 15 is 0 Å². The number of carbonyl (C=O) groups excluding carboxylic acids is 3. The molecular weight excluding hydrogens is 520 g/mol. The number of cyclic esters (lactones) is 1. The van der Waals surface area contributed by atoms with Gasteiger partial charge in [-0.05, 0) is 71.8 Å². The highest BCUT2D eigenvalue weighted by Crippen LogP contribution is 2.43. The van der Waals surface area contributed by atoms with Crippen LogP contribution >= 0.6 is 0 Å². The lowest BCUT2D eigenvalue weighted by atomic mass is 9.80. The average molecular weight is 571 g/mol. The van der Waals surface area contributed by atoms with Crippen molar-refractivity contribution in [3.63, 3.8) is 0 Å². The van der Waals surface area contributed by atoms with Crippen LogP contribution in [-0.4, -0.2) is 57.4 Å². The molecule has 0 radical (unpaired) electrons. The third-order valence-corrected chi connectivity index (χ3v) is 8.91. The van der Waals surface area contributed by atoms with Crippen molar-refractivity contribution < 1.29 is 28.6 Å². The smallest absolute Gasteiger partial charge is 0.417 e. The second-order valence-corrected chi connectivity index (χ2v) is 14.0. The van der Waals surface area contributed by atoms with Gasteiger partial charge in [0.05, 0.1) is 18.2 Å². The highest BCUT2D eigenvalue weighted by molar-refractivity contribution is 5.95. The molecule has 0 N–H and O–H groups in total. The molecule has 1 aliphatic carbocycles. The van der Waals surface area contributed by atoms with Crippen LogP contribution in [0.3, 0.4) is 0 Å². The Morgan fingerprint density at radius 1 is 1.07 bits per heavy atom. The van der Waals surface area contributed by atoms with E-state index in [9.17, 15) is 14.4 Å². The molecule has 3 fully saturated rings. The largest absolute Gasteiger partial charge is 0.444 e. The highest BCUT2D eigenvalue weighted by atomic mass is 16.6. The van der Waals surface area contributed by atoms with Gasteiger partial charge in [-0.3, -0.25) is 9.69 Å². The second-order valence-electron chi connectivity index (χ2n) is 14.0. The fraction of sp³-hybridized carbons (Fsp3) is 0.727. The minimum Gasteiger partial charge on any atom is -0.444 e. The zero-order valence-corrected chi connectivity index (χ0v) is 26.2. The maximum absolute atomic E-state index is 14.1. The van der Waals surface area contributed by atoms with Crippen molar-refractivity contribution in [3.05, 3.63) is 35.9 Å². The van der Waals surface area contributed by atoms with E-state index in [1.54, 1.807) is 4.90 Å². The van der Waals surface area contributed by atoms with Gasteiger partial charge in [-0.15, -0.1) is 0 Å². The first-order valence-corrected chi connectivity index (χ1v) is 15.5. The number of imide groups is 1. The Hall–Kier alpha value is -2.61. The monoisotopic (exact) mass is 570 g/mol. The number of rotatable bonds is 7. The molecule has 41 heavy (non-hydrogen) atoms. The normalized spacial score (nSPS) is 27.7. The summed E-state index contributed by atoms with van der Waals surface area (Å²) in [5.41, 5.74) is -0.667. The summed E-state index contributed by atoms with van der Waals surface area (Å²) in [6.45, 7) is 15.3. The summed E-state index contributed by atoms with van der Waals surface area (Å²) < 4.78 is 18.2. The summed E-state index contributed by atoms with van der Waals surface area (Å²) in [5.74, 6) is -0.278. The molecule has 2 aliphatic heterocycles. The van der Waals surface area contributed by atoms with Gasteiger partial charge in [0, 0.05) is 5.92 Å². The minimum atomic E-state index is -0.894. The van der Waals surface area contributed by atoms with Crippen molar-refractivity contribution >= 4 is 18.1 Å². The van der Waals surface area contributed by atoms with Crippen molar-refractivity contribution in [1.82, 2.24) is 9.80 Å². The molecule has 5 atom stereocenters. The van der Waals surface area contributed by atoms with E-state index in [4.69, 9.17) is 14.2 Å². The zero-order valence-electron chi connectivity index (χ0n) is 26.2. The van der Waals surface area contributed by atoms with Crippen LogP contribution in [0, 0.1) is 17.8 Å². The fourth-order valence-electron chi connectivity index (χ4n) is 6.90. The Bertz CT molecular complexity index is 1070. The average Bonchev–Trinajstić information content (AvgIpc) is 3.32. The highest BCUT2D eigenvalue weighted by Gasteiger charge is 2.53. The number of nitrogens with zero attached hydrogens (tertiary/aromatic N) is 2. The number of amides is 3. The second kappa shape index (κ2) is 12.3. The van der Waals surface area contributed by atoms with Gasteiger partial charge in [-0.25, -0.2) is 14.5 Å². The summed E-state index contributed by atoms with van der Waals surface area (Å²) >= 11 is 0. The van der Waals surface area contributed by atoms with Gasteiger partial charge in [0.1, 0.15) is 17.4 Å². The van der Waals surface area contributed by atoms with Gasteiger partial charge in [-0.2, -0.15) is 0 Å². The Morgan fingerprint density at radius 3 is 2.29 bits per heavy atom. The quantitative estimate of drug-likeness (QED) is 0.338. The third-order valence-electron chi connectivity index (χ3n) is 8.91. The van der Waals surface area contributed by atoms with Crippen LogP contribution in [-0.2, 0) is 19.0 Å². The van der Waals surface area contributed by atoms with E-state index in [-0.39, 0.29) is 30.1 Å². The van der Waals surface area contributed by atoms with E-state index in [1.807, 2.05) is 85.7 Å². The predicted octanol–water partition coefficient (Wildman–Crippen LogP) is 7.47. The first kappa shape index (κ1) is 31.3. The lowest BCUT2D eigenvalue weighted by molar-refractivity contribution is -0.137. The lowest BCUT2D eigenvalue weighted by Gasteiger charge is -2.37. The molecule has 1 aromatic carbocycles. The number of hydrogen-bond donors (Lipinski definition) is 0. The van der Waals surface area contributed by atoms with E-state index in [2.05, 4.69) is 0 Å². The molecule has 8 nitrogen and oxygen atoms in total. The van der Waals surface area contributed by atoms with Gasteiger partial charge in [0.2, 0.25) is 5.91 Å². The molecule has 4 rings (SSSR count). The number of ether oxygens (including phenoxy) is 3. The molecule has 0 bridgehead atoms. The van der Waals surface area contributed by atoms with Crippen LogP contribution in [0.5, 0.6) is 0 Å². The molecule has 0 unspecified atom stereocenters. The molecular formula is C33H50N2O6. The Labute approximate surface area is 246 Å². The maximum Gasteiger partial charge on any atom is 0.417 e. The molecule has 1 aromatic rings. The standard InChI is InChI=1S/C33H50N2O6/c1-21(2)25(29(36)34-22(3)28(39-30(34)37)24-17-13-10-14-18-24)20-27-26(19-23-15-11-9-12-16-23)35(33(7,8)40-27)31(38)41-32(4,5)6/h10,13-14,17-18,21-23,25-28H,9,11-12,15-16,19-20H2,1-8H3/t22-,25-,26+,27+,28-/m1/s1. The van der Waals surface area contributed by atoms with Gasteiger partial charge in [-0.1, -0.05) is 76.3 Å². The van der Waals surface area contributed by atoms with E-state index in [1.165, 1.54) is 24.2 Å². The van der Waals surface area contributed by atoms with Crippen molar-refractivity contribution in [2.45, 2.75) is 136 Å². The van der Waals surface area contributed by atoms with Crippen LogP contribution in [0.1, 0.15) is 112 Å². The first-order valence-electron chi connectivity index (χ1n) is 15.5. The molecule has 2 saturated heterocycles. The summed E-state index contributed by atoms with van der Waals surface area (Å²) in [6, 6.07) is 8.89. The van der Waals surface area contributed by atoms with Crippen molar-refractivity contribution in [1.29, 1.82) is 0 Å². The van der Waals surface area contributed by atoms with Crippen LogP contribution in [0.25, 0.3) is 0 Å². The maximum atomic E-state index is 14.1. The van der Waals surface area contributed by atoms with Crippen LogP contribution in [0.15, 0.2) is 30.3 Å². The lowest BCUT2D eigenvalue weighted by Crippen LogP contribution is -2.51. The molecule has 0 aromatic heterocycles. The fourth-order valence-corrected chi connectivity index (χ4v) is 6.90. The number of benzene rings is 1. The first-order chi connectivity index (χ1) is 19.2. The third kappa shape index (κ3) is 7.07. The Kier molecular flexibility index (Phi) is 9.42. The van der Waals surface area contributed by atoms with Crippen molar-refractivity contribution in [2.75, 3.05) is 0 Å². The van der Waals surface area contributed by atoms with Crippen molar-refractivity contribution in [3.8, 4) is 0 Å². The van der Waals surface area contributed by atoms with Gasteiger partial charge < -0.3 is 14.2 Å². The van der Waals surface area contributed by atoms with Gasteiger partial charge in [0.15, 0.2) is 0 Å². The SMILES string of the molecule is CC(C)[C@@H](C[C@@H]1OC(C)(C)N(C(=O)OC(C)(C)C)[C@H]1CC1CCCCC1)C(=O)N1C(=O)O[C@@H](c2ccccc2)[C@H]1C. The number of carbonyl (C=O) groups is 3. The molecule has 1 saturated carbocycles. The van der Waals surface area contributed by atoms with Crippen LogP contribution < -0.4 is 0 Å². The van der Waals surface area contributed by atoms with E-state index in [0.29, 0.717) is 12.3 Å². The van der Waals surface area contributed by atoms with Crippen molar-refractivity contribution in [2.24, 2.45) is 17.8 Å². The molecule has 3 aliphatic rings. The summed E-state index contributed by atoms with van der Waals surface area (Å²) in [5, 5.41) is 0. The molecule has 8 heteroatoms. The zero-order chi connectivity index (χ0) is 30.1. The summed E-state index contributed by atoms with van der Waals surface area (Å²) in [7, 11) is 0. The summed E-state index contributed by atoms with van der Waals surface area (Å²) in [4.78, 5) is 43.8. The topological polar surface area (TPSA) is 85.4 Å². The molecule has 0 spiro atoms. The summed E-state index contributed by atoms with van der Waals surface area (Å²) in [6.07, 6.45) is 5.26. The van der Waals surface area contributed by atoms with Crippen LogP contribution in [0.4, 0.5) is 9.59 Å². The van der Waals surface area contributed by atoms with Crippen LogP contribution in [0.2, 0.25) is 0 Å². The molecule has 228 valence electrons. The van der Waals surface area contributed by atoms with E-state index in [0.717, 1.165) is 24.8 Å². The molecule has 3 amide bonds. The Morgan fingerprint density at radius 2 is 1.71 bits per heavy atom.